The van der Waals surface area contributed by atoms with Gasteiger partial charge in [0.15, 0.2) is 5.60 Å². The Balaban J connectivity index is 1.76. The quantitative estimate of drug-likeness (QED) is 0.575. The fourth-order valence-electron chi connectivity index (χ4n) is 3.54. The van der Waals surface area contributed by atoms with Crippen molar-refractivity contribution in [1.82, 2.24) is 0 Å². The third-order valence-electron chi connectivity index (χ3n) is 5.02. The molecule has 4 nitrogen and oxygen atoms in total. The zero-order valence-electron chi connectivity index (χ0n) is 12.1. The Hall–Kier alpha value is -1.16. The van der Waals surface area contributed by atoms with Crippen LogP contribution in [0.5, 0.6) is 0 Å². The molecule has 0 aromatic rings. The maximum atomic E-state index is 12.6. The summed E-state index contributed by atoms with van der Waals surface area (Å²) in [7, 11) is 0. The van der Waals surface area contributed by atoms with Gasteiger partial charge in [-0.3, -0.25) is 4.79 Å². The number of rotatable bonds is 2. The second-order valence-electron chi connectivity index (χ2n) is 6.31. The summed E-state index contributed by atoms with van der Waals surface area (Å²) >= 11 is 0. The van der Waals surface area contributed by atoms with Crippen LogP contribution in [-0.4, -0.2) is 29.6 Å². The highest BCUT2D eigenvalue weighted by atomic mass is 16.6. The summed E-state index contributed by atoms with van der Waals surface area (Å²) < 4.78 is 11.5. The second-order valence-corrected chi connectivity index (χ2v) is 6.31. The molecule has 1 aliphatic carbocycles. The molecule has 0 unspecified atom stereocenters. The van der Waals surface area contributed by atoms with Gasteiger partial charge in [0.1, 0.15) is 11.9 Å². The topological polar surface area (TPSA) is 52.6 Å². The van der Waals surface area contributed by atoms with E-state index in [1.54, 1.807) is 13.0 Å². The number of ketones is 1. The first-order valence-electron chi connectivity index (χ1n) is 7.66. The Morgan fingerprint density at radius 1 is 1.30 bits per heavy atom. The molecule has 20 heavy (non-hydrogen) atoms. The van der Waals surface area contributed by atoms with Crippen molar-refractivity contribution < 1.29 is 19.1 Å². The zero-order chi connectivity index (χ0) is 14.3. The van der Waals surface area contributed by atoms with E-state index < -0.39 is 11.5 Å². The molecule has 0 amide bonds. The lowest BCUT2D eigenvalue weighted by Gasteiger charge is -2.39. The van der Waals surface area contributed by atoms with Gasteiger partial charge in [0.05, 0.1) is 12.0 Å². The van der Waals surface area contributed by atoms with Gasteiger partial charge in [-0.25, -0.2) is 4.79 Å². The number of carbonyl (C=O) groups excluding carboxylic acids is 2. The zero-order valence-corrected chi connectivity index (χ0v) is 12.1. The van der Waals surface area contributed by atoms with E-state index in [-0.39, 0.29) is 29.9 Å². The van der Waals surface area contributed by atoms with E-state index in [0.29, 0.717) is 0 Å². The minimum Gasteiger partial charge on any atom is -0.460 e. The first-order valence-corrected chi connectivity index (χ1v) is 7.66. The van der Waals surface area contributed by atoms with Crippen molar-refractivity contribution in [1.29, 1.82) is 0 Å². The van der Waals surface area contributed by atoms with Crippen molar-refractivity contribution in [2.45, 2.75) is 63.8 Å². The van der Waals surface area contributed by atoms with Gasteiger partial charge in [-0.2, -0.15) is 0 Å². The molecule has 4 heteroatoms. The number of hydrogen-bond donors (Lipinski definition) is 0. The number of Topliss-reactive ketones (excluding diaryl/α,β-unsaturated/α-hetero) is 1. The smallest absolute Gasteiger partial charge is 0.343 e. The molecule has 3 aliphatic rings. The molecule has 0 N–H and O–H groups in total. The molecule has 1 saturated heterocycles. The number of hydrogen-bond acceptors (Lipinski definition) is 4. The number of fused-ring (bicyclic) bond motifs is 2. The number of ether oxygens (including phenoxy) is 2. The molecule has 0 spiro atoms. The highest BCUT2D eigenvalue weighted by molar-refractivity contribution is 5.96. The maximum Gasteiger partial charge on any atom is 0.343 e. The van der Waals surface area contributed by atoms with Crippen molar-refractivity contribution in [2.75, 3.05) is 0 Å². The highest BCUT2D eigenvalue weighted by Crippen LogP contribution is 2.42. The van der Waals surface area contributed by atoms with Gasteiger partial charge in [0.25, 0.3) is 0 Å². The van der Waals surface area contributed by atoms with Crippen LogP contribution in [0, 0.1) is 11.8 Å². The summed E-state index contributed by atoms with van der Waals surface area (Å²) in [6.45, 7) is 3.63. The van der Waals surface area contributed by atoms with Gasteiger partial charge in [0.2, 0.25) is 0 Å². The van der Waals surface area contributed by atoms with Crippen molar-refractivity contribution >= 4 is 11.8 Å². The molecule has 0 radical (unpaired) electrons. The highest BCUT2D eigenvalue weighted by Gasteiger charge is 2.57. The predicted octanol–water partition coefficient (Wildman–Crippen LogP) is 2.41. The third kappa shape index (κ3) is 2.01. The Morgan fingerprint density at radius 2 is 2.00 bits per heavy atom. The molecule has 2 aliphatic heterocycles. The fourth-order valence-corrected chi connectivity index (χ4v) is 3.54. The Kier molecular flexibility index (Phi) is 3.44. The average molecular weight is 278 g/mol. The molecule has 2 heterocycles. The standard InChI is InChI=1S/C16H22O4/c1-10-13-8-9-16(20-13,11(2)14(10)17)15(18)19-12-6-4-3-5-7-12/h8-13H,3-7H2,1-2H3/t10-,11-,13-,16+/m1/s1. The summed E-state index contributed by atoms with van der Waals surface area (Å²) in [5.41, 5.74) is -1.17. The molecule has 0 aromatic heterocycles. The van der Waals surface area contributed by atoms with Crippen LogP contribution in [0.25, 0.3) is 0 Å². The monoisotopic (exact) mass is 278 g/mol. The minimum atomic E-state index is -1.17. The Morgan fingerprint density at radius 3 is 2.70 bits per heavy atom. The van der Waals surface area contributed by atoms with E-state index in [9.17, 15) is 9.59 Å². The van der Waals surface area contributed by atoms with Crippen molar-refractivity contribution in [3.8, 4) is 0 Å². The molecule has 3 rings (SSSR count). The van der Waals surface area contributed by atoms with Crippen LogP contribution in [0.15, 0.2) is 12.2 Å². The molecule has 2 bridgehead atoms. The van der Waals surface area contributed by atoms with Crippen LogP contribution < -0.4 is 0 Å². The molecule has 1 saturated carbocycles. The summed E-state index contributed by atoms with van der Waals surface area (Å²) in [4.78, 5) is 24.8. The summed E-state index contributed by atoms with van der Waals surface area (Å²) in [6.07, 6.45) is 8.57. The SMILES string of the molecule is C[C@@H]1C(=O)[C@H](C)[C@H]2C=C[C@]1(C(=O)OC1CCCCC1)O2. The Bertz CT molecular complexity index is 449. The Labute approximate surface area is 119 Å². The first kappa shape index (κ1) is 13.8. The van der Waals surface area contributed by atoms with E-state index in [4.69, 9.17) is 9.47 Å². The summed E-state index contributed by atoms with van der Waals surface area (Å²) in [6, 6.07) is 0. The molecule has 110 valence electrons. The van der Waals surface area contributed by atoms with Gasteiger partial charge < -0.3 is 9.47 Å². The number of carbonyl (C=O) groups is 2. The lowest BCUT2D eigenvalue weighted by Crippen LogP contribution is -2.55. The maximum absolute atomic E-state index is 12.6. The lowest BCUT2D eigenvalue weighted by molar-refractivity contribution is -0.192. The van der Waals surface area contributed by atoms with E-state index in [0.717, 1.165) is 25.7 Å². The summed E-state index contributed by atoms with van der Waals surface area (Å²) in [5, 5.41) is 0. The van der Waals surface area contributed by atoms with Gasteiger partial charge in [-0.05, 0) is 31.8 Å². The van der Waals surface area contributed by atoms with Crippen molar-refractivity contribution in [2.24, 2.45) is 11.8 Å². The van der Waals surface area contributed by atoms with Gasteiger partial charge in [-0.15, -0.1) is 0 Å². The van der Waals surface area contributed by atoms with Crippen LogP contribution in [0.1, 0.15) is 46.0 Å². The normalized spacial score (nSPS) is 40.9. The van der Waals surface area contributed by atoms with Crippen LogP contribution in [-0.2, 0) is 19.1 Å². The molecular weight excluding hydrogens is 256 g/mol. The van der Waals surface area contributed by atoms with Crippen LogP contribution in [0.4, 0.5) is 0 Å². The first-order chi connectivity index (χ1) is 9.54. The van der Waals surface area contributed by atoms with E-state index in [1.807, 2.05) is 13.0 Å². The molecule has 4 atom stereocenters. The van der Waals surface area contributed by atoms with Crippen LogP contribution in [0.2, 0.25) is 0 Å². The number of esters is 1. The summed E-state index contributed by atoms with van der Waals surface area (Å²) in [5.74, 6) is -0.939. The van der Waals surface area contributed by atoms with Crippen molar-refractivity contribution in [3.05, 3.63) is 12.2 Å². The van der Waals surface area contributed by atoms with E-state index in [2.05, 4.69) is 0 Å². The predicted molar refractivity (Wildman–Crippen MR) is 73.0 cm³/mol. The molecule has 0 aromatic carbocycles. The van der Waals surface area contributed by atoms with Gasteiger partial charge in [0, 0.05) is 5.92 Å². The van der Waals surface area contributed by atoms with Gasteiger partial charge >= 0.3 is 5.97 Å². The fraction of sp³-hybridized carbons (Fsp3) is 0.750. The average Bonchev–Trinajstić information content (AvgIpc) is 2.88. The minimum absolute atomic E-state index is 0.0108. The van der Waals surface area contributed by atoms with Gasteiger partial charge in [-0.1, -0.05) is 26.3 Å². The second kappa shape index (κ2) is 4.99. The van der Waals surface area contributed by atoms with Crippen LogP contribution >= 0.6 is 0 Å². The van der Waals surface area contributed by atoms with Crippen molar-refractivity contribution in [3.63, 3.8) is 0 Å². The molecule has 2 fully saturated rings. The largest absolute Gasteiger partial charge is 0.460 e. The van der Waals surface area contributed by atoms with E-state index in [1.165, 1.54) is 6.42 Å². The van der Waals surface area contributed by atoms with Crippen LogP contribution in [0.3, 0.4) is 0 Å². The lowest BCUT2D eigenvalue weighted by atomic mass is 9.79. The molecular formula is C16H22O4. The third-order valence-corrected chi connectivity index (χ3v) is 5.02. The van der Waals surface area contributed by atoms with E-state index >= 15 is 0 Å².